The first kappa shape index (κ1) is 20.6. The number of sulfonamides is 2. The van der Waals surface area contributed by atoms with Crippen molar-refractivity contribution in [2.24, 2.45) is 0 Å². The largest absolute Gasteiger partial charge is 0.496 e. The van der Waals surface area contributed by atoms with E-state index < -0.39 is 20.0 Å². The maximum Gasteiger partial charge on any atom is 0.240 e. The van der Waals surface area contributed by atoms with Crippen LogP contribution in [-0.4, -0.2) is 54.1 Å². The van der Waals surface area contributed by atoms with Crippen molar-refractivity contribution in [3.63, 3.8) is 0 Å². The number of methoxy groups -OCH3 is 1. The average molecular weight is 377 g/mol. The molecule has 0 amide bonds. The summed E-state index contributed by atoms with van der Waals surface area (Å²) in [6.07, 6.45) is 2.52. The zero-order chi connectivity index (χ0) is 18.5. The average Bonchev–Trinajstić information content (AvgIpc) is 2.47. The minimum Gasteiger partial charge on any atom is -0.496 e. The molecule has 0 radical (unpaired) electrons. The van der Waals surface area contributed by atoms with Crippen molar-refractivity contribution in [3.8, 4) is 5.75 Å². The summed E-state index contributed by atoms with van der Waals surface area (Å²) in [4.78, 5) is 0.149. The Bertz CT molecular complexity index is 801. The molecule has 1 aromatic rings. The van der Waals surface area contributed by atoms with E-state index in [0.717, 1.165) is 10.6 Å². The number of hydrogen-bond acceptors (Lipinski definition) is 5. The molecule has 0 saturated heterocycles. The van der Waals surface area contributed by atoms with Crippen LogP contribution in [0, 0.1) is 13.8 Å². The van der Waals surface area contributed by atoms with Crippen LogP contribution in [0.25, 0.3) is 0 Å². The molecule has 0 aliphatic carbocycles. The van der Waals surface area contributed by atoms with Gasteiger partial charge in [0.05, 0.1) is 18.3 Å². The maximum atomic E-state index is 12.5. The van der Waals surface area contributed by atoms with Gasteiger partial charge in [0.15, 0.2) is 0 Å². The van der Waals surface area contributed by atoms with E-state index in [2.05, 4.69) is 11.3 Å². The molecule has 24 heavy (non-hydrogen) atoms. The fourth-order valence-corrected chi connectivity index (χ4v) is 4.32. The van der Waals surface area contributed by atoms with Crippen molar-refractivity contribution in [3.05, 3.63) is 35.9 Å². The molecule has 1 N–H and O–H groups in total. The van der Waals surface area contributed by atoms with Gasteiger partial charge in [-0.2, -0.15) is 4.31 Å². The second-order valence-electron chi connectivity index (χ2n) is 5.39. The summed E-state index contributed by atoms with van der Waals surface area (Å²) >= 11 is 0. The molecular weight excluding hydrogens is 352 g/mol. The third kappa shape index (κ3) is 5.30. The van der Waals surface area contributed by atoms with Gasteiger partial charge in [-0.1, -0.05) is 6.08 Å². The molecule has 9 heteroatoms. The third-order valence-corrected chi connectivity index (χ3v) is 6.31. The summed E-state index contributed by atoms with van der Waals surface area (Å²) in [5.74, 6) is 0.612. The monoisotopic (exact) mass is 376 g/mol. The van der Waals surface area contributed by atoms with Crippen molar-refractivity contribution in [2.45, 2.75) is 18.7 Å². The lowest BCUT2D eigenvalue weighted by Crippen LogP contribution is -2.38. The first-order valence-corrected chi connectivity index (χ1v) is 10.6. The van der Waals surface area contributed by atoms with Gasteiger partial charge in [-0.15, -0.1) is 6.58 Å². The first-order valence-electron chi connectivity index (χ1n) is 7.24. The van der Waals surface area contributed by atoms with Crippen LogP contribution < -0.4 is 9.46 Å². The summed E-state index contributed by atoms with van der Waals surface area (Å²) in [5.41, 5.74) is 1.25. The standard InChI is InChI=1S/C15H24N2O5S2/c1-6-8-17(23(5,18)19)9-7-16-24(20,21)15-11-12(2)14(22-4)10-13(15)3/h6,10-11,16H,1,7-9H2,2-5H3. The lowest BCUT2D eigenvalue weighted by molar-refractivity contribution is 0.411. The van der Waals surface area contributed by atoms with Gasteiger partial charge in [0.1, 0.15) is 5.75 Å². The highest BCUT2D eigenvalue weighted by Crippen LogP contribution is 2.25. The van der Waals surface area contributed by atoms with E-state index >= 15 is 0 Å². The van der Waals surface area contributed by atoms with E-state index in [1.54, 1.807) is 19.9 Å². The Hall–Kier alpha value is -1.42. The highest BCUT2D eigenvalue weighted by molar-refractivity contribution is 7.89. The predicted octanol–water partition coefficient (Wildman–Crippen LogP) is 1.04. The van der Waals surface area contributed by atoms with E-state index in [-0.39, 0.29) is 24.5 Å². The van der Waals surface area contributed by atoms with Crippen molar-refractivity contribution in [2.75, 3.05) is 33.0 Å². The Balaban J connectivity index is 2.91. The summed E-state index contributed by atoms with van der Waals surface area (Å²) in [6.45, 7) is 7.05. The number of nitrogens with zero attached hydrogens (tertiary/aromatic N) is 1. The Kier molecular flexibility index (Phi) is 6.97. The zero-order valence-corrected chi connectivity index (χ0v) is 16.0. The normalized spacial score (nSPS) is 12.4. The molecule has 0 spiro atoms. The highest BCUT2D eigenvalue weighted by Gasteiger charge is 2.20. The SMILES string of the molecule is C=CCN(CCNS(=O)(=O)c1cc(C)c(OC)cc1C)S(C)(=O)=O. The van der Waals surface area contributed by atoms with Crippen LogP contribution in [0.3, 0.4) is 0 Å². The third-order valence-electron chi connectivity index (χ3n) is 3.44. The van der Waals surface area contributed by atoms with E-state index in [9.17, 15) is 16.8 Å². The van der Waals surface area contributed by atoms with Crippen LogP contribution in [-0.2, 0) is 20.0 Å². The molecule has 0 bridgehead atoms. The molecule has 1 aromatic carbocycles. The quantitative estimate of drug-likeness (QED) is 0.650. The first-order chi connectivity index (χ1) is 11.0. The van der Waals surface area contributed by atoms with Gasteiger partial charge < -0.3 is 4.74 Å². The Morgan fingerprint density at radius 3 is 2.33 bits per heavy atom. The molecule has 0 unspecified atom stereocenters. The molecule has 0 saturated carbocycles. The van der Waals surface area contributed by atoms with Crippen LogP contribution in [0.4, 0.5) is 0 Å². The number of rotatable bonds is 9. The second kappa shape index (κ2) is 8.11. The molecule has 0 heterocycles. The molecular formula is C15H24N2O5S2. The minimum absolute atomic E-state index is 0.0261. The number of benzene rings is 1. The van der Waals surface area contributed by atoms with Gasteiger partial charge in [-0.3, -0.25) is 0 Å². The van der Waals surface area contributed by atoms with E-state index in [0.29, 0.717) is 16.9 Å². The van der Waals surface area contributed by atoms with Crippen LogP contribution in [0.15, 0.2) is 29.7 Å². The van der Waals surface area contributed by atoms with Gasteiger partial charge in [0, 0.05) is 19.6 Å². The van der Waals surface area contributed by atoms with Crippen LogP contribution in [0.5, 0.6) is 5.75 Å². The lowest BCUT2D eigenvalue weighted by atomic mass is 10.1. The predicted molar refractivity (Wildman–Crippen MR) is 94.3 cm³/mol. The van der Waals surface area contributed by atoms with Crippen LogP contribution in [0.2, 0.25) is 0 Å². The smallest absolute Gasteiger partial charge is 0.240 e. The van der Waals surface area contributed by atoms with Gasteiger partial charge in [-0.05, 0) is 37.1 Å². The molecule has 0 aliphatic rings. The van der Waals surface area contributed by atoms with E-state index in [4.69, 9.17) is 4.74 Å². The van der Waals surface area contributed by atoms with Crippen molar-refractivity contribution in [1.29, 1.82) is 0 Å². The summed E-state index contributed by atoms with van der Waals surface area (Å²) in [5, 5.41) is 0. The fraction of sp³-hybridized carbons (Fsp3) is 0.467. The van der Waals surface area contributed by atoms with Crippen LogP contribution >= 0.6 is 0 Å². The Morgan fingerprint density at radius 1 is 1.21 bits per heavy atom. The second-order valence-corrected chi connectivity index (χ2v) is 9.11. The van der Waals surface area contributed by atoms with E-state index in [1.807, 2.05) is 0 Å². The number of nitrogens with one attached hydrogen (secondary N) is 1. The molecule has 0 aromatic heterocycles. The molecule has 0 aliphatic heterocycles. The van der Waals surface area contributed by atoms with Crippen molar-refractivity contribution >= 4 is 20.0 Å². The topological polar surface area (TPSA) is 92.8 Å². The molecule has 0 fully saturated rings. The molecule has 0 atom stereocenters. The number of aryl methyl sites for hydroxylation is 2. The van der Waals surface area contributed by atoms with Gasteiger partial charge in [0.25, 0.3) is 0 Å². The molecule has 1 rings (SSSR count). The maximum absolute atomic E-state index is 12.5. The Morgan fingerprint density at radius 2 is 1.83 bits per heavy atom. The Labute approximate surface area is 144 Å². The number of ether oxygens (including phenoxy) is 1. The van der Waals surface area contributed by atoms with Gasteiger partial charge in [0.2, 0.25) is 20.0 Å². The van der Waals surface area contributed by atoms with Gasteiger partial charge in [-0.25, -0.2) is 21.6 Å². The summed E-state index contributed by atoms with van der Waals surface area (Å²) in [6, 6.07) is 3.19. The van der Waals surface area contributed by atoms with Crippen molar-refractivity contribution in [1.82, 2.24) is 9.03 Å². The van der Waals surface area contributed by atoms with Crippen LogP contribution in [0.1, 0.15) is 11.1 Å². The summed E-state index contributed by atoms with van der Waals surface area (Å²) < 4.78 is 56.9. The molecule has 136 valence electrons. The van der Waals surface area contributed by atoms with Crippen molar-refractivity contribution < 1.29 is 21.6 Å². The summed E-state index contributed by atoms with van der Waals surface area (Å²) in [7, 11) is -5.65. The minimum atomic E-state index is -3.75. The van der Waals surface area contributed by atoms with E-state index in [1.165, 1.54) is 19.3 Å². The lowest BCUT2D eigenvalue weighted by Gasteiger charge is -2.18. The highest BCUT2D eigenvalue weighted by atomic mass is 32.2. The number of hydrogen-bond donors (Lipinski definition) is 1. The zero-order valence-electron chi connectivity index (χ0n) is 14.4. The molecule has 7 nitrogen and oxygen atoms in total. The van der Waals surface area contributed by atoms with Gasteiger partial charge >= 0.3 is 0 Å². The fourth-order valence-electron chi connectivity index (χ4n) is 2.19.